The van der Waals surface area contributed by atoms with Gasteiger partial charge < -0.3 is 9.64 Å². The number of aromatic nitrogens is 2. The molecule has 1 aromatic heterocycles. The van der Waals surface area contributed by atoms with Crippen LogP contribution >= 0.6 is 0 Å². The van der Waals surface area contributed by atoms with Gasteiger partial charge in [0.05, 0.1) is 5.69 Å². The third kappa shape index (κ3) is 6.09. The Bertz CT molecular complexity index is 1090. The number of fused-ring (bicyclic) bond motifs is 1. The summed E-state index contributed by atoms with van der Waals surface area (Å²) in [5.41, 5.74) is 4.96. The van der Waals surface area contributed by atoms with E-state index in [9.17, 15) is 18.0 Å². The summed E-state index contributed by atoms with van der Waals surface area (Å²) in [6.07, 6.45) is -2.57. The molecule has 0 saturated heterocycles. The monoisotopic (exact) mass is 455 g/mol. The van der Waals surface area contributed by atoms with Gasteiger partial charge in [-0.05, 0) is 54.0 Å². The van der Waals surface area contributed by atoms with Crippen LogP contribution in [0.4, 0.5) is 13.2 Å². The number of aryl methyl sites for hydroxylation is 2. The van der Waals surface area contributed by atoms with Gasteiger partial charge in [-0.15, -0.1) is 5.10 Å². The van der Waals surface area contributed by atoms with Crippen LogP contribution in [0.25, 0.3) is 0 Å². The number of ether oxygens (including phenoxy) is 1. The van der Waals surface area contributed by atoms with Crippen molar-refractivity contribution >= 4 is 5.91 Å². The second-order valence-electron chi connectivity index (χ2n) is 8.03. The van der Waals surface area contributed by atoms with E-state index in [1.165, 1.54) is 0 Å². The number of halogens is 3. The molecule has 1 aliphatic heterocycles. The highest BCUT2D eigenvalue weighted by Crippen LogP contribution is 2.23. The highest BCUT2D eigenvalue weighted by Gasteiger charge is 2.42. The van der Waals surface area contributed by atoms with Crippen molar-refractivity contribution in [3.63, 3.8) is 0 Å². The number of carbonyl (C=O) groups excluding carboxylic acids is 1. The van der Waals surface area contributed by atoms with Gasteiger partial charge in [0.2, 0.25) is 5.88 Å². The number of alkyl halides is 3. The molecule has 3 aromatic rings. The molecule has 5 nitrogen and oxygen atoms in total. The fourth-order valence-corrected chi connectivity index (χ4v) is 3.88. The minimum Gasteiger partial charge on any atom is -0.472 e. The lowest BCUT2D eigenvalue weighted by molar-refractivity contribution is -0.185. The molecule has 2 aromatic carbocycles. The SMILES string of the molecule is O=C(N1CCc2ccc(CCc3ccc(OCc4ccccc4)nn3)cc2CC1)C(F)(F)F. The summed E-state index contributed by atoms with van der Waals surface area (Å²) in [5, 5.41) is 8.37. The zero-order valence-corrected chi connectivity index (χ0v) is 18.0. The van der Waals surface area contributed by atoms with Crippen LogP contribution in [0, 0.1) is 0 Å². The summed E-state index contributed by atoms with van der Waals surface area (Å²) in [5.74, 6) is -1.30. The predicted molar refractivity (Wildman–Crippen MR) is 117 cm³/mol. The molecule has 0 saturated carbocycles. The Balaban J connectivity index is 1.31. The molecule has 0 fully saturated rings. The van der Waals surface area contributed by atoms with Crippen molar-refractivity contribution in [1.29, 1.82) is 0 Å². The number of amides is 1. The first kappa shape index (κ1) is 22.8. The normalized spacial score (nSPS) is 13.8. The summed E-state index contributed by atoms with van der Waals surface area (Å²) in [4.78, 5) is 12.5. The van der Waals surface area contributed by atoms with E-state index < -0.39 is 12.1 Å². The van der Waals surface area contributed by atoms with Gasteiger partial charge in [-0.25, -0.2) is 0 Å². The van der Waals surface area contributed by atoms with Crippen LogP contribution in [0.15, 0.2) is 60.7 Å². The zero-order valence-electron chi connectivity index (χ0n) is 18.0. The first-order valence-electron chi connectivity index (χ1n) is 10.8. The van der Waals surface area contributed by atoms with Crippen LogP contribution in [-0.4, -0.2) is 40.3 Å². The predicted octanol–water partition coefficient (Wildman–Crippen LogP) is 4.33. The second kappa shape index (κ2) is 10.0. The fraction of sp³-hybridized carbons (Fsp3) is 0.320. The minimum absolute atomic E-state index is 0.0741. The van der Waals surface area contributed by atoms with Crippen molar-refractivity contribution in [3.05, 3.63) is 88.6 Å². The lowest BCUT2D eigenvalue weighted by Crippen LogP contribution is -2.42. The number of nitrogens with zero attached hydrogens (tertiary/aromatic N) is 3. The van der Waals surface area contributed by atoms with Crippen LogP contribution in [0.3, 0.4) is 0 Å². The quantitative estimate of drug-likeness (QED) is 0.555. The number of hydrogen-bond donors (Lipinski definition) is 0. The van der Waals surface area contributed by atoms with Crippen LogP contribution in [0.5, 0.6) is 5.88 Å². The molecule has 0 bridgehead atoms. The van der Waals surface area contributed by atoms with Crippen LogP contribution in [-0.2, 0) is 37.1 Å². The van der Waals surface area contributed by atoms with Gasteiger partial charge in [0, 0.05) is 19.2 Å². The summed E-state index contributed by atoms with van der Waals surface area (Å²) in [6, 6.07) is 19.5. The summed E-state index contributed by atoms with van der Waals surface area (Å²) < 4.78 is 43.9. The Kier molecular flexibility index (Phi) is 6.91. The Morgan fingerprint density at radius 2 is 1.64 bits per heavy atom. The standard InChI is InChI=1S/C25H24F3N3O2/c26-25(27,28)24(32)31-14-12-20-8-6-18(16-21(20)13-15-31)7-9-22-10-11-23(30-29-22)33-17-19-4-2-1-3-5-19/h1-6,8,10-11,16H,7,9,12-15,17H2. The molecule has 0 radical (unpaired) electrons. The maximum absolute atomic E-state index is 12.8. The first-order chi connectivity index (χ1) is 15.9. The molecule has 172 valence electrons. The molecular weight excluding hydrogens is 431 g/mol. The molecule has 0 unspecified atom stereocenters. The molecule has 1 amide bonds. The molecule has 33 heavy (non-hydrogen) atoms. The number of rotatable bonds is 6. The average Bonchev–Trinajstić information content (AvgIpc) is 3.04. The van der Waals surface area contributed by atoms with Crippen LogP contribution < -0.4 is 4.74 Å². The number of hydrogen-bond acceptors (Lipinski definition) is 4. The summed E-state index contributed by atoms with van der Waals surface area (Å²) >= 11 is 0. The van der Waals surface area contributed by atoms with E-state index in [-0.39, 0.29) is 13.1 Å². The first-order valence-corrected chi connectivity index (χ1v) is 10.8. The highest BCUT2D eigenvalue weighted by molar-refractivity contribution is 5.82. The van der Waals surface area contributed by atoms with E-state index in [0.29, 0.717) is 31.7 Å². The van der Waals surface area contributed by atoms with E-state index >= 15 is 0 Å². The maximum Gasteiger partial charge on any atom is 0.471 e. The second-order valence-corrected chi connectivity index (χ2v) is 8.03. The van der Waals surface area contributed by atoms with Crippen molar-refractivity contribution in [1.82, 2.24) is 15.1 Å². The molecule has 0 N–H and O–H groups in total. The molecule has 0 aliphatic carbocycles. The van der Waals surface area contributed by atoms with Crippen LogP contribution in [0.1, 0.15) is 27.9 Å². The Morgan fingerprint density at radius 3 is 2.33 bits per heavy atom. The molecule has 0 atom stereocenters. The smallest absolute Gasteiger partial charge is 0.471 e. The van der Waals surface area contributed by atoms with E-state index in [0.717, 1.165) is 39.3 Å². The van der Waals surface area contributed by atoms with Crippen LogP contribution in [0.2, 0.25) is 0 Å². The van der Waals surface area contributed by atoms with Crippen molar-refractivity contribution in [2.45, 2.75) is 38.5 Å². The summed E-state index contributed by atoms with van der Waals surface area (Å²) in [7, 11) is 0. The third-order valence-electron chi connectivity index (χ3n) is 5.70. The molecular formula is C25H24F3N3O2. The molecule has 0 spiro atoms. The number of benzene rings is 2. The summed E-state index contributed by atoms with van der Waals surface area (Å²) in [6.45, 7) is 0.583. The lowest BCUT2D eigenvalue weighted by Gasteiger charge is -2.21. The fourth-order valence-electron chi connectivity index (χ4n) is 3.88. The Morgan fingerprint density at radius 1 is 0.879 bits per heavy atom. The van der Waals surface area contributed by atoms with E-state index in [4.69, 9.17) is 4.74 Å². The van der Waals surface area contributed by atoms with Gasteiger partial charge in [0.15, 0.2) is 0 Å². The Labute approximate surface area is 190 Å². The molecule has 8 heteroatoms. The molecule has 2 heterocycles. The van der Waals surface area contributed by atoms with E-state index in [2.05, 4.69) is 10.2 Å². The molecule has 4 rings (SSSR count). The third-order valence-corrected chi connectivity index (χ3v) is 5.70. The van der Waals surface area contributed by atoms with Gasteiger partial charge in [0.1, 0.15) is 6.61 Å². The number of carbonyl (C=O) groups is 1. The van der Waals surface area contributed by atoms with E-state index in [1.807, 2.05) is 54.6 Å². The highest BCUT2D eigenvalue weighted by atomic mass is 19.4. The van der Waals surface area contributed by atoms with Gasteiger partial charge in [-0.3, -0.25) is 4.79 Å². The maximum atomic E-state index is 12.8. The Hall–Kier alpha value is -3.42. The largest absolute Gasteiger partial charge is 0.472 e. The van der Waals surface area contributed by atoms with E-state index in [1.54, 1.807) is 6.07 Å². The van der Waals surface area contributed by atoms with Gasteiger partial charge in [0.25, 0.3) is 0 Å². The van der Waals surface area contributed by atoms with Crippen molar-refractivity contribution in [2.24, 2.45) is 0 Å². The van der Waals surface area contributed by atoms with Gasteiger partial charge in [-0.2, -0.15) is 18.3 Å². The lowest BCUT2D eigenvalue weighted by atomic mass is 9.98. The van der Waals surface area contributed by atoms with Gasteiger partial charge in [-0.1, -0.05) is 48.5 Å². The average molecular weight is 455 g/mol. The van der Waals surface area contributed by atoms with Gasteiger partial charge >= 0.3 is 12.1 Å². The minimum atomic E-state index is -4.83. The van der Waals surface area contributed by atoms with Crippen molar-refractivity contribution in [2.75, 3.05) is 13.1 Å². The van der Waals surface area contributed by atoms with Crippen molar-refractivity contribution < 1.29 is 22.7 Å². The van der Waals surface area contributed by atoms with Crippen molar-refractivity contribution in [3.8, 4) is 5.88 Å². The topological polar surface area (TPSA) is 55.3 Å². The molecule has 1 aliphatic rings. The zero-order chi connectivity index (χ0) is 23.3.